The molecule has 0 saturated heterocycles. The lowest BCUT2D eigenvalue weighted by Gasteiger charge is -2.23. The van der Waals surface area contributed by atoms with Crippen molar-refractivity contribution in [3.8, 4) is 11.5 Å². The molecule has 8 nitrogen and oxygen atoms in total. The van der Waals surface area contributed by atoms with E-state index in [-0.39, 0.29) is 16.1 Å². The van der Waals surface area contributed by atoms with Gasteiger partial charge in [-0.2, -0.15) is 0 Å². The number of hydrogen-bond donors (Lipinski definition) is 1. The number of halogens is 2. The van der Waals surface area contributed by atoms with Gasteiger partial charge in [-0.05, 0) is 30.2 Å². The minimum atomic E-state index is -1.25. The molecule has 1 amide bonds. The molecular formula is C20H16Cl2N4O4. The summed E-state index contributed by atoms with van der Waals surface area (Å²) in [6.07, 6.45) is 0.209. The summed E-state index contributed by atoms with van der Waals surface area (Å²) >= 11 is 12.7. The molecule has 0 bridgehead atoms. The maximum absolute atomic E-state index is 12.3. The minimum absolute atomic E-state index is 0.109. The first kappa shape index (κ1) is 20.1. The number of anilines is 2. The first-order valence-electron chi connectivity index (χ1n) is 8.74. The number of imidazole rings is 1. The molecule has 30 heavy (non-hydrogen) atoms. The molecule has 4 aromatic rings. The van der Waals surface area contributed by atoms with Crippen LogP contribution in [0.3, 0.4) is 0 Å². The van der Waals surface area contributed by atoms with Gasteiger partial charge in [0.2, 0.25) is 5.28 Å². The van der Waals surface area contributed by atoms with Gasteiger partial charge in [0, 0.05) is 12.1 Å². The maximum Gasteiger partial charge on any atom is 0.417 e. The molecular weight excluding hydrogens is 431 g/mol. The van der Waals surface area contributed by atoms with E-state index in [2.05, 4.69) is 9.97 Å². The second-order valence-corrected chi connectivity index (χ2v) is 7.15. The molecule has 1 N–H and O–H groups in total. The van der Waals surface area contributed by atoms with Crippen molar-refractivity contribution in [2.75, 3.05) is 19.1 Å². The van der Waals surface area contributed by atoms with E-state index in [0.29, 0.717) is 39.3 Å². The summed E-state index contributed by atoms with van der Waals surface area (Å²) in [5.41, 5.74) is 2.38. The molecule has 2 heterocycles. The van der Waals surface area contributed by atoms with Crippen molar-refractivity contribution in [1.82, 2.24) is 14.4 Å². The summed E-state index contributed by atoms with van der Waals surface area (Å²) in [6.45, 7) is 1.77. The molecule has 154 valence electrons. The molecule has 0 aliphatic carbocycles. The van der Waals surface area contributed by atoms with E-state index in [9.17, 15) is 9.90 Å². The number of fused-ring (bicyclic) bond motifs is 3. The standard InChI is InChI=1S/C20H16Cl2N4O4/c1-10-5-4-6-11(21)17(10)26(20(27)28)18-14-9-23-19(22)25(14)13-8-16(30-3)15(29-2)7-12(13)24-18/h4-9H,1-3H3,(H,27,28). The van der Waals surface area contributed by atoms with Crippen molar-refractivity contribution in [2.45, 2.75) is 6.92 Å². The van der Waals surface area contributed by atoms with E-state index < -0.39 is 6.09 Å². The van der Waals surface area contributed by atoms with Crippen LogP contribution in [0, 0.1) is 6.92 Å². The Bertz CT molecular complexity index is 1290. The molecule has 0 aliphatic rings. The van der Waals surface area contributed by atoms with Crippen LogP contribution < -0.4 is 14.4 Å². The van der Waals surface area contributed by atoms with Crippen LogP contribution in [0.4, 0.5) is 16.3 Å². The summed E-state index contributed by atoms with van der Waals surface area (Å²) in [7, 11) is 3.02. The Morgan fingerprint density at radius 3 is 2.47 bits per heavy atom. The second-order valence-electron chi connectivity index (χ2n) is 6.40. The Hall–Kier alpha value is -3.23. The van der Waals surface area contributed by atoms with Crippen LogP contribution in [0.15, 0.2) is 36.5 Å². The number of ether oxygens (including phenoxy) is 2. The van der Waals surface area contributed by atoms with Crippen molar-refractivity contribution < 1.29 is 19.4 Å². The zero-order valence-corrected chi connectivity index (χ0v) is 17.7. The smallest absolute Gasteiger partial charge is 0.417 e. The van der Waals surface area contributed by atoms with Crippen LogP contribution in [0.5, 0.6) is 11.5 Å². The fourth-order valence-electron chi connectivity index (χ4n) is 3.38. The van der Waals surface area contributed by atoms with Crippen molar-refractivity contribution in [1.29, 1.82) is 0 Å². The predicted molar refractivity (Wildman–Crippen MR) is 115 cm³/mol. The average molecular weight is 447 g/mol. The van der Waals surface area contributed by atoms with E-state index >= 15 is 0 Å². The summed E-state index contributed by atoms with van der Waals surface area (Å²) in [5.74, 6) is 1.02. The topological polar surface area (TPSA) is 89.2 Å². The van der Waals surface area contributed by atoms with Crippen molar-refractivity contribution >= 4 is 57.4 Å². The summed E-state index contributed by atoms with van der Waals surface area (Å²) in [5, 5.41) is 10.5. The van der Waals surface area contributed by atoms with E-state index in [1.54, 1.807) is 41.7 Å². The number of benzene rings is 2. The third kappa shape index (κ3) is 3.05. The number of carboxylic acid groups (broad SMARTS) is 1. The predicted octanol–water partition coefficient (Wildman–Crippen LogP) is 5.33. The zero-order valence-electron chi connectivity index (χ0n) is 16.2. The van der Waals surface area contributed by atoms with Gasteiger partial charge in [-0.1, -0.05) is 23.7 Å². The fourth-order valence-corrected chi connectivity index (χ4v) is 3.91. The highest BCUT2D eigenvalue weighted by Crippen LogP contribution is 2.39. The van der Waals surface area contributed by atoms with Gasteiger partial charge >= 0.3 is 6.09 Å². The number of methoxy groups -OCH3 is 2. The Morgan fingerprint density at radius 2 is 1.83 bits per heavy atom. The lowest BCUT2D eigenvalue weighted by atomic mass is 10.1. The second kappa shape index (κ2) is 7.55. The molecule has 0 radical (unpaired) electrons. The normalized spacial score (nSPS) is 11.1. The van der Waals surface area contributed by atoms with E-state index in [4.69, 9.17) is 32.7 Å². The molecule has 0 atom stereocenters. The van der Waals surface area contributed by atoms with Crippen LogP contribution in [-0.4, -0.2) is 39.8 Å². The number of carbonyl (C=O) groups is 1. The van der Waals surface area contributed by atoms with Crippen LogP contribution >= 0.6 is 23.2 Å². The van der Waals surface area contributed by atoms with Crippen LogP contribution in [0.25, 0.3) is 16.6 Å². The Morgan fingerprint density at radius 1 is 1.13 bits per heavy atom. The van der Waals surface area contributed by atoms with Gasteiger partial charge in [-0.15, -0.1) is 0 Å². The van der Waals surface area contributed by atoms with Crippen LogP contribution in [0.1, 0.15) is 5.56 Å². The molecule has 0 saturated carbocycles. The van der Waals surface area contributed by atoms with Gasteiger partial charge < -0.3 is 14.6 Å². The molecule has 2 aromatic heterocycles. The number of aryl methyl sites for hydroxylation is 1. The van der Waals surface area contributed by atoms with Gasteiger partial charge in [0.25, 0.3) is 0 Å². The number of amides is 1. The van der Waals surface area contributed by atoms with Crippen LogP contribution in [-0.2, 0) is 0 Å². The molecule has 0 fully saturated rings. The third-order valence-electron chi connectivity index (χ3n) is 4.71. The number of para-hydroxylation sites is 1. The van der Waals surface area contributed by atoms with Gasteiger partial charge in [0.15, 0.2) is 17.3 Å². The highest BCUT2D eigenvalue weighted by Gasteiger charge is 2.27. The lowest BCUT2D eigenvalue weighted by molar-refractivity contribution is 0.204. The van der Waals surface area contributed by atoms with E-state index in [1.165, 1.54) is 20.4 Å². The average Bonchev–Trinajstić information content (AvgIpc) is 3.11. The Labute approximate surface area is 181 Å². The summed E-state index contributed by atoms with van der Waals surface area (Å²) in [4.78, 5) is 22.1. The molecule has 0 unspecified atom stereocenters. The lowest BCUT2D eigenvalue weighted by Crippen LogP contribution is -2.26. The molecule has 10 heteroatoms. The Kier molecular flexibility index (Phi) is 5.05. The zero-order chi connectivity index (χ0) is 21.6. The van der Waals surface area contributed by atoms with Gasteiger partial charge in [-0.25, -0.2) is 19.7 Å². The van der Waals surface area contributed by atoms with Gasteiger partial charge in [-0.3, -0.25) is 4.40 Å². The largest absolute Gasteiger partial charge is 0.493 e. The first-order chi connectivity index (χ1) is 14.4. The molecule has 0 spiro atoms. The quantitative estimate of drug-likeness (QED) is 0.455. The highest BCUT2D eigenvalue weighted by molar-refractivity contribution is 6.34. The van der Waals surface area contributed by atoms with E-state index in [0.717, 1.165) is 4.90 Å². The van der Waals surface area contributed by atoms with E-state index in [1.807, 2.05) is 0 Å². The SMILES string of the molecule is COc1cc2nc(N(C(=O)O)c3c(C)cccc3Cl)c3cnc(Cl)n3c2cc1OC. The minimum Gasteiger partial charge on any atom is -0.493 e. The Balaban J connectivity index is 2.12. The third-order valence-corrected chi connectivity index (χ3v) is 5.28. The molecule has 0 aliphatic heterocycles. The van der Waals surface area contributed by atoms with Gasteiger partial charge in [0.1, 0.15) is 5.52 Å². The number of aromatic nitrogens is 3. The molecule has 4 rings (SSSR count). The number of rotatable bonds is 4. The number of nitrogens with zero attached hydrogens (tertiary/aromatic N) is 4. The maximum atomic E-state index is 12.3. The summed E-state index contributed by atoms with van der Waals surface area (Å²) in [6, 6.07) is 8.49. The molecule has 2 aromatic carbocycles. The van der Waals surface area contributed by atoms with Crippen molar-refractivity contribution in [3.05, 3.63) is 52.4 Å². The van der Waals surface area contributed by atoms with Crippen molar-refractivity contribution in [3.63, 3.8) is 0 Å². The fraction of sp³-hybridized carbons (Fsp3) is 0.150. The number of hydrogen-bond acceptors (Lipinski definition) is 5. The van der Waals surface area contributed by atoms with Crippen molar-refractivity contribution in [2.24, 2.45) is 0 Å². The van der Waals surface area contributed by atoms with Crippen LogP contribution in [0.2, 0.25) is 10.3 Å². The first-order valence-corrected chi connectivity index (χ1v) is 9.49. The summed E-state index contributed by atoms with van der Waals surface area (Å²) < 4.78 is 12.3. The van der Waals surface area contributed by atoms with Gasteiger partial charge in [0.05, 0.1) is 42.2 Å². The monoisotopic (exact) mass is 446 g/mol. The highest BCUT2D eigenvalue weighted by atomic mass is 35.5.